The van der Waals surface area contributed by atoms with E-state index in [2.05, 4.69) is 4.72 Å². The zero-order valence-electron chi connectivity index (χ0n) is 12.0. The van der Waals surface area contributed by atoms with Crippen molar-refractivity contribution >= 4 is 21.5 Å². The van der Waals surface area contributed by atoms with Crippen LogP contribution in [0.2, 0.25) is 0 Å². The van der Waals surface area contributed by atoms with Gasteiger partial charge in [0.25, 0.3) is 10.0 Å². The maximum Gasteiger partial charge on any atom is 0.262 e. The van der Waals surface area contributed by atoms with E-state index in [0.29, 0.717) is 5.75 Å². The molecule has 0 unspecified atom stereocenters. The summed E-state index contributed by atoms with van der Waals surface area (Å²) in [6.45, 7) is 1.29. The van der Waals surface area contributed by atoms with E-state index in [4.69, 9.17) is 4.74 Å². The van der Waals surface area contributed by atoms with E-state index in [0.717, 1.165) is 0 Å². The third kappa shape index (κ3) is 3.20. The molecule has 2 aromatic rings. The molecule has 0 saturated heterocycles. The number of hydrogen-bond donors (Lipinski definition) is 2. The molecule has 0 aliphatic carbocycles. The maximum absolute atomic E-state index is 12.3. The summed E-state index contributed by atoms with van der Waals surface area (Å²) in [4.78, 5) is 11.4. The van der Waals surface area contributed by atoms with E-state index < -0.39 is 15.8 Å². The average molecular weight is 321 g/mol. The first kappa shape index (κ1) is 15.8. The van der Waals surface area contributed by atoms with Crippen molar-refractivity contribution in [1.82, 2.24) is 0 Å². The molecule has 0 saturated carbocycles. The van der Waals surface area contributed by atoms with Crippen LogP contribution < -0.4 is 9.46 Å². The molecule has 0 aliphatic rings. The van der Waals surface area contributed by atoms with E-state index in [1.807, 2.05) is 0 Å². The summed E-state index contributed by atoms with van der Waals surface area (Å²) in [7, 11) is -2.40. The minimum Gasteiger partial charge on any atom is -0.505 e. The minimum atomic E-state index is -3.88. The summed E-state index contributed by atoms with van der Waals surface area (Å²) in [6, 6.07) is 10.1. The molecule has 22 heavy (non-hydrogen) atoms. The lowest BCUT2D eigenvalue weighted by Gasteiger charge is -2.11. The van der Waals surface area contributed by atoms with Gasteiger partial charge in [-0.1, -0.05) is 6.07 Å². The fraction of sp³-hybridized carbons (Fsp3) is 0.133. The van der Waals surface area contributed by atoms with E-state index in [1.54, 1.807) is 0 Å². The zero-order chi connectivity index (χ0) is 16.3. The van der Waals surface area contributed by atoms with Crippen LogP contribution in [-0.2, 0) is 10.0 Å². The van der Waals surface area contributed by atoms with Gasteiger partial charge in [0, 0.05) is 0 Å². The highest BCUT2D eigenvalue weighted by Crippen LogP contribution is 2.30. The molecule has 0 heterocycles. The average Bonchev–Trinajstić information content (AvgIpc) is 2.49. The van der Waals surface area contributed by atoms with Gasteiger partial charge in [-0.15, -0.1) is 0 Å². The molecule has 0 radical (unpaired) electrons. The number of carbonyl (C=O) groups is 1. The zero-order valence-corrected chi connectivity index (χ0v) is 12.8. The Bertz CT molecular complexity index is 797. The fourth-order valence-corrected chi connectivity index (χ4v) is 2.94. The maximum atomic E-state index is 12.3. The van der Waals surface area contributed by atoms with Crippen molar-refractivity contribution in [1.29, 1.82) is 0 Å². The number of Topliss-reactive ketones (excluding diaryl/α,β-unsaturated/α-hetero) is 1. The van der Waals surface area contributed by atoms with Gasteiger partial charge >= 0.3 is 0 Å². The number of anilines is 1. The van der Waals surface area contributed by atoms with Crippen molar-refractivity contribution in [2.24, 2.45) is 0 Å². The van der Waals surface area contributed by atoms with Gasteiger partial charge in [0.05, 0.1) is 23.3 Å². The molecule has 0 bridgehead atoms. The second-order valence-electron chi connectivity index (χ2n) is 4.54. The van der Waals surface area contributed by atoms with Crippen LogP contribution in [0.1, 0.15) is 17.3 Å². The Balaban J connectivity index is 2.36. The predicted octanol–water partition coefficient (Wildman–Crippen LogP) is 2.40. The molecule has 0 atom stereocenters. The lowest BCUT2D eigenvalue weighted by atomic mass is 10.1. The van der Waals surface area contributed by atoms with Crippen molar-refractivity contribution in [3.63, 3.8) is 0 Å². The number of para-hydroxylation sites is 1. The Kier molecular flexibility index (Phi) is 4.37. The van der Waals surface area contributed by atoms with Crippen molar-refractivity contribution < 1.29 is 23.1 Å². The SMILES string of the molecule is COc1ccc(S(=O)(=O)Nc2cccc(C(C)=O)c2O)cc1. The number of hydrogen-bond acceptors (Lipinski definition) is 5. The van der Waals surface area contributed by atoms with Crippen molar-refractivity contribution in [2.45, 2.75) is 11.8 Å². The first-order valence-corrected chi connectivity index (χ1v) is 7.83. The van der Waals surface area contributed by atoms with E-state index in [1.165, 1.54) is 56.5 Å². The second-order valence-corrected chi connectivity index (χ2v) is 6.22. The van der Waals surface area contributed by atoms with Crippen LogP contribution in [0.15, 0.2) is 47.4 Å². The fourth-order valence-electron chi connectivity index (χ4n) is 1.87. The van der Waals surface area contributed by atoms with E-state index in [-0.39, 0.29) is 21.9 Å². The van der Waals surface area contributed by atoms with Crippen molar-refractivity contribution in [2.75, 3.05) is 11.8 Å². The van der Waals surface area contributed by atoms with Crippen LogP contribution in [0.3, 0.4) is 0 Å². The van der Waals surface area contributed by atoms with Crippen molar-refractivity contribution in [3.8, 4) is 11.5 Å². The molecule has 0 aliphatic heterocycles. The van der Waals surface area contributed by atoms with Gasteiger partial charge in [0.15, 0.2) is 5.78 Å². The smallest absolute Gasteiger partial charge is 0.262 e. The number of methoxy groups -OCH3 is 1. The molecule has 2 rings (SSSR count). The van der Waals surface area contributed by atoms with Crippen molar-refractivity contribution in [3.05, 3.63) is 48.0 Å². The van der Waals surface area contributed by atoms with Crippen LogP contribution in [0.4, 0.5) is 5.69 Å². The number of aromatic hydroxyl groups is 1. The lowest BCUT2D eigenvalue weighted by Crippen LogP contribution is -2.13. The third-order valence-corrected chi connectivity index (χ3v) is 4.41. The summed E-state index contributed by atoms with van der Waals surface area (Å²) in [5, 5.41) is 9.98. The first-order chi connectivity index (χ1) is 10.3. The van der Waals surface area contributed by atoms with Gasteiger partial charge in [-0.05, 0) is 43.3 Å². The van der Waals surface area contributed by atoms with Gasteiger partial charge in [0.2, 0.25) is 0 Å². The van der Waals surface area contributed by atoms with Crippen LogP contribution in [0.25, 0.3) is 0 Å². The van der Waals surface area contributed by atoms with E-state index in [9.17, 15) is 18.3 Å². The highest BCUT2D eigenvalue weighted by atomic mass is 32.2. The third-order valence-electron chi connectivity index (χ3n) is 3.03. The van der Waals surface area contributed by atoms with Crippen LogP contribution in [-0.4, -0.2) is 26.4 Å². The molecule has 116 valence electrons. The van der Waals surface area contributed by atoms with Gasteiger partial charge in [-0.3, -0.25) is 9.52 Å². The second kappa shape index (κ2) is 6.07. The Hall–Kier alpha value is -2.54. The molecule has 7 heteroatoms. The van der Waals surface area contributed by atoms with Crippen LogP contribution in [0.5, 0.6) is 11.5 Å². The Morgan fingerprint density at radius 1 is 1.14 bits per heavy atom. The molecule has 0 fully saturated rings. The summed E-state index contributed by atoms with van der Waals surface area (Å²) in [5.74, 6) is -0.226. The van der Waals surface area contributed by atoms with Gasteiger partial charge < -0.3 is 9.84 Å². The normalized spacial score (nSPS) is 11.0. The summed E-state index contributed by atoms with van der Waals surface area (Å²) in [6.07, 6.45) is 0. The number of nitrogens with one attached hydrogen (secondary N) is 1. The summed E-state index contributed by atoms with van der Waals surface area (Å²) in [5.41, 5.74) is -0.00144. The van der Waals surface area contributed by atoms with Gasteiger partial charge in [-0.2, -0.15) is 0 Å². The molecule has 2 aromatic carbocycles. The Morgan fingerprint density at radius 3 is 2.32 bits per heavy atom. The predicted molar refractivity (Wildman–Crippen MR) is 81.9 cm³/mol. The van der Waals surface area contributed by atoms with Gasteiger partial charge in [-0.25, -0.2) is 8.42 Å². The summed E-state index contributed by atoms with van der Waals surface area (Å²) < 4.78 is 31.8. The Labute approximate surface area is 128 Å². The first-order valence-electron chi connectivity index (χ1n) is 6.35. The molecule has 0 amide bonds. The standard InChI is InChI=1S/C15H15NO5S/c1-10(17)13-4-3-5-14(15(13)18)16-22(19,20)12-8-6-11(21-2)7-9-12/h3-9,16,18H,1-2H3. The quantitative estimate of drug-likeness (QED) is 0.651. The topological polar surface area (TPSA) is 92.7 Å². The highest BCUT2D eigenvalue weighted by molar-refractivity contribution is 7.92. The molecule has 2 N–H and O–H groups in total. The van der Waals surface area contributed by atoms with Crippen LogP contribution in [0, 0.1) is 0 Å². The van der Waals surface area contributed by atoms with E-state index >= 15 is 0 Å². The largest absolute Gasteiger partial charge is 0.505 e. The number of sulfonamides is 1. The molecule has 0 aromatic heterocycles. The number of ketones is 1. The van der Waals surface area contributed by atoms with Crippen LogP contribution >= 0.6 is 0 Å². The highest BCUT2D eigenvalue weighted by Gasteiger charge is 2.18. The molecular weight excluding hydrogens is 306 g/mol. The number of rotatable bonds is 5. The molecule has 6 nitrogen and oxygen atoms in total. The monoisotopic (exact) mass is 321 g/mol. The number of benzene rings is 2. The number of phenolic OH excluding ortho intramolecular Hbond substituents is 1. The lowest BCUT2D eigenvalue weighted by molar-refractivity contribution is 0.101. The number of phenols is 1. The number of ether oxygens (including phenoxy) is 1. The number of carbonyl (C=O) groups excluding carboxylic acids is 1. The summed E-state index contributed by atoms with van der Waals surface area (Å²) >= 11 is 0. The Morgan fingerprint density at radius 2 is 1.77 bits per heavy atom. The molecule has 0 spiro atoms. The molecular formula is C15H15NO5S. The van der Waals surface area contributed by atoms with Gasteiger partial charge in [0.1, 0.15) is 11.5 Å². The minimum absolute atomic E-state index is 0.0147.